The van der Waals surface area contributed by atoms with Crippen LogP contribution in [0, 0.1) is 12.7 Å². The van der Waals surface area contributed by atoms with Gasteiger partial charge in [0.1, 0.15) is 5.82 Å². The molecule has 2 heteroatoms. The molecule has 1 aromatic carbocycles. The summed E-state index contributed by atoms with van der Waals surface area (Å²) in [5.74, 6) is 0.263. The van der Waals surface area contributed by atoms with Crippen LogP contribution in [0.4, 0.5) is 4.39 Å². The lowest BCUT2D eigenvalue weighted by atomic mass is 10.0. The standard InChI is InChI=1S/C15H16FN/c1-10(2)15-7-5-13(9-17-15)12-4-6-14(16)11(3)8-12/h4-10H,1-3H3. The van der Waals surface area contributed by atoms with Gasteiger partial charge in [0.2, 0.25) is 0 Å². The Kier molecular flexibility index (Phi) is 3.23. The van der Waals surface area contributed by atoms with Crippen molar-refractivity contribution in [1.82, 2.24) is 4.98 Å². The van der Waals surface area contributed by atoms with E-state index in [1.54, 1.807) is 13.0 Å². The smallest absolute Gasteiger partial charge is 0.126 e. The molecule has 88 valence electrons. The highest BCUT2D eigenvalue weighted by Crippen LogP contribution is 2.22. The first kappa shape index (κ1) is 11.8. The van der Waals surface area contributed by atoms with Gasteiger partial charge in [0.25, 0.3) is 0 Å². The maximum atomic E-state index is 13.2. The molecule has 0 N–H and O–H groups in total. The number of aryl methyl sites for hydroxylation is 1. The molecule has 0 radical (unpaired) electrons. The van der Waals surface area contributed by atoms with Crippen LogP contribution >= 0.6 is 0 Å². The third kappa shape index (κ3) is 2.52. The van der Waals surface area contributed by atoms with Crippen LogP contribution in [-0.2, 0) is 0 Å². The Labute approximate surface area is 101 Å². The van der Waals surface area contributed by atoms with Crippen molar-refractivity contribution in [2.45, 2.75) is 26.7 Å². The van der Waals surface area contributed by atoms with Crippen LogP contribution in [-0.4, -0.2) is 4.98 Å². The molecule has 1 nitrogen and oxygen atoms in total. The van der Waals surface area contributed by atoms with E-state index in [9.17, 15) is 4.39 Å². The summed E-state index contributed by atoms with van der Waals surface area (Å²) in [4.78, 5) is 4.41. The van der Waals surface area contributed by atoms with E-state index in [1.807, 2.05) is 24.4 Å². The fourth-order valence-electron chi connectivity index (χ4n) is 1.74. The van der Waals surface area contributed by atoms with E-state index in [2.05, 4.69) is 18.8 Å². The molecule has 1 heterocycles. The molecule has 0 spiro atoms. The fourth-order valence-corrected chi connectivity index (χ4v) is 1.74. The Balaban J connectivity index is 2.36. The van der Waals surface area contributed by atoms with Crippen LogP contribution < -0.4 is 0 Å². The first-order valence-corrected chi connectivity index (χ1v) is 5.80. The van der Waals surface area contributed by atoms with Crippen molar-refractivity contribution >= 4 is 0 Å². The number of hydrogen-bond acceptors (Lipinski definition) is 1. The van der Waals surface area contributed by atoms with Crippen molar-refractivity contribution in [3.63, 3.8) is 0 Å². The molecule has 2 aromatic rings. The molecule has 0 aliphatic rings. The Bertz CT molecular complexity index is 515. The van der Waals surface area contributed by atoms with Crippen LogP contribution in [0.15, 0.2) is 36.5 Å². The minimum atomic E-state index is -0.166. The van der Waals surface area contributed by atoms with E-state index in [-0.39, 0.29) is 5.82 Å². The number of benzene rings is 1. The molecule has 0 saturated carbocycles. The van der Waals surface area contributed by atoms with Gasteiger partial charge in [0.05, 0.1) is 0 Å². The quantitative estimate of drug-likeness (QED) is 0.747. The zero-order valence-electron chi connectivity index (χ0n) is 10.4. The predicted molar refractivity (Wildman–Crippen MR) is 68.5 cm³/mol. The van der Waals surface area contributed by atoms with Crippen molar-refractivity contribution in [3.8, 4) is 11.1 Å². The molecule has 0 amide bonds. The van der Waals surface area contributed by atoms with Crippen LogP contribution in [0.2, 0.25) is 0 Å². The molecule has 0 fully saturated rings. The number of nitrogens with zero attached hydrogens (tertiary/aromatic N) is 1. The predicted octanol–water partition coefficient (Wildman–Crippen LogP) is 4.32. The maximum absolute atomic E-state index is 13.2. The highest BCUT2D eigenvalue weighted by Gasteiger charge is 2.04. The average Bonchev–Trinajstić information content (AvgIpc) is 2.33. The lowest BCUT2D eigenvalue weighted by Gasteiger charge is -2.07. The van der Waals surface area contributed by atoms with E-state index < -0.39 is 0 Å². The second kappa shape index (κ2) is 4.66. The fraction of sp³-hybridized carbons (Fsp3) is 0.267. The molecule has 0 unspecified atom stereocenters. The van der Waals surface area contributed by atoms with Crippen molar-refractivity contribution in [2.24, 2.45) is 0 Å². The third-order valence-corrected chi connectivity index (χ3v) is 2.87. The molecule has 17 heavy (non-hydrogen) atoms. The van der Waals surface area contributed by atoms with Gasteiger partial charge in [-0.25, -0.2) is 4.39 Å². The molecule has 0 aliphatic carbocycles. The Hall–Kier alpha value is -1.70. The highest BCUT2D eigenvalue weighted by atomic mass is 19.1. The van der Waals surface area contributed by atoms with Crippen LogP contribution in [0.1, 0.15) is 31.0 Å². The van der Waals surface area contributed by atoms with Gasteiger partial charge in [-0.1, -0.05) is 26.0 Å². The van der Waals surface area contributed by atoms with E-state index >= 15 is 0 Å². The zero-order chi connectivity index (χ0) is 12.4. The summed E-state index contributed by atoms with van der Waals surface area (Å²) in [5, 5.41) is 0. The summed E-state index contributed by atoms with van der Waals surface area (Å²) >= 11 is 0. The van der Waals surface area contributed by atoms with Crippen molar-refractivity contribution in [2.75, 3.05) is 0 Å². The number of halogens is 1. The number of hydrogen-bond donors (Lipinski definition) is 0. The molecular weight excluding hydrogens is 213 g/mol. The van der Waals surface area contributed by atoms with Gasteiger partial charge in [-0.3, -0.25) is 4.98 Å². The van der Waals surface area contributed by atoms with Crippen molar-refractivity contribution in [3.05, 3.63) is 53.6 Å². The number of aromatic nitrogens is 1. The SMILES string of the molecule is Cc1cc(-c2ccc(C(C)C)nc2)ccc1F. The maximum Gasteiger partial charge on any atom is 0.126 e. The van der Waals surface area contributed by atoms with Gasteiger partial charge in [-0.2, -0.15) is 0 Å². The van der Waals surface area contributed by atoms with Gasteiger partial charge in [-0.15, -0.1) is 0 Å². The molecule has 0 aliphatic heterocycles. The first-order valence-electron chi connectivity index (χ1n) is 5.80. The van der Waals surface area contributed by atoms with Crippen molar-refractivity contribution in [1.29, 1.82) is 0 Å². The number of rotatable bonds is 2. The van der Waals surface area contributed by atoms with Gasteiger partial charge in [0, 0.05) is 17.5 Å². The Morgan fingerprint density at radius 2 is 1.76 bits per heavy atom. The van der Waals surface area contributed by atoms with Crippen LogP contribution in [0.25, 0.3) is 11.1 Å². The van der Waals surface area contributed by atoms with E-state index in [0.29, 0.717) is 11.5 Å². The van der Waals surface area contributed by atoms with Gasteiger partial charge < -0.3 is 0 Å². The molecule has 1 aromatic heterocycles. The molecule has 2 rings (SSSR count). The normalized spacial score (nSPS) is 10.9. The lowest BCUT2D eigenvalue weighted by molar-refractivity contribution is 0.619. The second-order valence-corrected chi connectivity index (χ2v) is 4.59. The largest absolute Gasteiger partial charge is 0.260 e. The number of pyridine rings is 1. The molecular formula is C15H16FN. The summed E-state index contributed by atoms with van der Waals surface area (Å²) in [7, 11) is 0. The third-order valence-electron chi connectivity index (χ3n) is 2.87. The summed E-state index contributed by atoms with van der Waals surface area (Å²) in [5.41, 5.74) is 3.77. The Morgan fingerprint density at radius 3 is 2.29 bits per heavy atom. The van der Waals surface area contributed by atoms with Gasteiger partial charge >= 0.3 is 0 Å². The lowest BCUT2D eigenvalue weighted by Crippen LogP contribution is -1.92. The van der Waals surface area contributed by atoms with E-state index in [1.165, 1.54) is 6.07 Å². The van der Waals surface area contributed by atoms with Gasteiger partial charge in [0.15, 0.2) is 0 Å². The molecule has 0 atom stereocenters. The summed E-state index contributed by atoms with van der Waals surface area (Å²) in [6.45, 7) is 6.00. The Morgan fingerprint density at radius 1 is 1.06 bits per heavy atom. The van der Waals surface area contributed by atoms with Crippen molar-refractivity contribution < 1.29 is 4.39 Å². The van der Waals surface area contributed by atoms with Gasteiger partial charge in [-0.05, 0) is 42.2 Å². The van der Waals surface area contributed by atoms with E-state index in [4.69, 9.17) is 0 Å². The second-order valence-electron chi connectivity index (χ2n) is 4.59. The topological polar surface area (TPSA) is 12.9 Å². The minimum Gasteiger partial charge on any atom is -0.260 e. The molecule has 0 bridgehead atoms. The summed E-state index contributed by atoms with van der Waals surface area (Å²) in [6.07, 6.45) is 1.85. The monoisotopic (exact) mass is 229 g/mol. The highest BCUT2D eigenvalue weighted by molar-refractivity contribution is 5.63. The minimum absolute atomic E-state index is 0.166. The zero-order valence-corrected chi connectivity index (χ0v) is 10.4. The van der Waals surface area contributed by atoms with Crippen LogP contribution in [0.3, 0.4) is 0 Å². The first-order chi connectivity index (χ1) is 8.08. The summed E-state index contributed by atoms with van der Waals surface area (Å²) < 4.78 is 13.2. The summed E-state index contributed by atoms with van der Waals surface area (Å²) in [6, 6.07) is 9.20. The average molecular weight is 229 g/mol. The van der Waals surface area contributed by atoms with Crippen LogP contribution in [0.5, 0.6) is 0 Å². The van der Waals surface area contributed by atoms with E-state index in [0.717, 1.165) is 16.8 Å². The molecule has 0 saturated heterocycles.